The van der Waals surface area contributed by atoms with Gasteiger partial charge in [0.2, 0.25) is 0 Å². The molecule has 0 spiro atoms. The number of carbonyl (C=O) groups is 1. The monoisotopic (exact) mass is 312 g/mol. The van der Waals surface area contributed by atoms with Gasteiger partial charge in [-0.15, -0.1) is 0 Å². The zero-order valence-corrected chi connectivity index (χ0v) is 8.99. The molecule has 2 nitrogen and oxygen atoms in total. The van der Waals surface area contributed by atoms with Gasteiger partial charge in [0.1, 0.15) is 9.15 Å². The molecule has 0 amide bonds. The lowest BCUT2D eigenvalue weighted by Crippen LogP contribution is -2.47. The van der Waals surface area contributed by atoms with E-state index in [0.717, 1.165) is 6.92 Å². The van der Waals surface area contributed by atoms with E-state index in [9.17, 15) is 18.0 Å². The van der Waals surface area contributed by atoms with Gasteiger partial charge >= 0.3 is 12.1 Å². The normalized spacial score (nSPS) is 19.8. The minimum atomic E-state index is -4.61. The number of rotatable bonds is 2. The Hall–Kier alpha value is 0.220. The van der Waals surface area contributed by atoms with E-state index in [0.29, 0.717) is 0 Å². The molecule has 0 heterocycles. The molecule has 0 aliphatic carbocycles. The van der Waals surface area contributed by atoms with Crippen molar-refractivity contribution in [3.05, 3.63) is 0 Å². The van der Waals surface area contributed by atoms with Crippen LogP contribution in [0.25, 0.3) is 0 Å². The van der Waals surface area contributed by atoms with Crippen LogP contribution >= 0.6 is 31.9 Å². The molecule has 0 saturated carbocycles. The van der Waals surface area contributed by atoms with Crippen LogP contribution in [-0.4, -0.2) is 26.4 Å². The summed E-state index contributed by atoms with van der Waals surface area (Å²) in [4.78, 5) is 8.51. The average Bonchev–Trinajstić information content (AvgIpc) is 1.83. The minimum absolute atomic E-state index is 0.751. The summed E-state index contributed by atoms with van der Waals surface area (Å²) in [6, 6.07) is 0. The minimum Gasteiger partial charge on any atom is -0.480 e. The van der Waals surface area contributed by atoms with Crippen molar-refractivity contribution in [2.75, 3.05) is 0 Å². The lowest BCUT2D eigenvalue weighted by Gasteiger charge is -2.27. The van der Waals surface area contributed by atoms with Gasteiger partial charge in [0, 0.05) is 0 Å². The maximum absolute atomic E-state index is 12.1. The summed E-state index contributed by atoms with van der Waals surface area (Å²) in [7, 11) is 0. The number of alkyl halides is 5. The van der Waals surface area contributed by atoms with Crippen LogP contribution in [0.3, 0.4) is 0 Å². The SMILES string of the molecule is C[C@@](Br)([C@@H](Br)C(=O)O)C(F)(F)F. The van der Waals surface area contributed by atoms with Gasteiger partial charge < -0.3 is 5.11 Å². The Balaban J connectivity index is 4.73. The largest absolute Gasteiger partial charge is 0.480 e. The Morgan fingerprint density at radius 2 is 1.83 bits per heavy atom. The molecule has 0 aliphatic rings. The second-order valence-corrected chi connectivity index (χ2v) is 4.84. The Bertz CT molecular complexity index is 190. The molecule has 1 N–H and O–H groups in total. The molecule has 0 aromatic carbocycles. The highest BCUT2D eigenvalue weighted by Crippen LogP contribution is 2.42. The van der Waals surface area contributed by atoms with E-state index in [4.69, 9.17) is 5.11 Å². The van der Waals surface area contributed by atoms with Gasteiger partial charge in [-0.05, 0) is 6.92 Å². The highest BCUT2D eigenvalue weighted by Gasteiger charge is 2.56. The van der Waals surface area contributed by atoms with E-state index < -0.39 is 21.3 Å². The quantitative estimate of drug-likeness (QED) is 0.796. The van der Waals surface area contributed by atoms with E-state index in [-0.39, 0.29) is 0 Å². The van der Waals surface area contributed by atoms with Crippen molar-refractivity contribution in [2.24, 2.45) is 0 Å². The predicted octanol–water partition coefficient (Wildman–Crippen LogP) is 2.55. The topological polar surface area (TPSA) is 37.3 Å². The molecule has 72 valence electrons. The Morgan fingerprint density at radius 1 is 1.50 bits per heavy atom. The summed E-state index contributed by atoms with van der Waals surface area (Å²) < 4.78 is 33.9. The Morgan fingerprint density at radius 3 is 1.92 bits per heavy atom. The van der Waals surface area contributed by atoms with Crippen LogP contribution in [0, 0.1) is 0 Å². The highest BCUT2D eigenvalue weighted by atomic mass is 79.9. The molecule has 0 radical (unpaired) electrons. The third-order valence-corrected chi connectivity index (χ3v) is 4.08. The molecule has 12 heavy (non-hydrogen) atoms. The Labute approximate surface area is 83.4 Å². The lowest BCUT2D eigenvalue weighted by atomic mass is 10.1. The van der Waals surface area contributed by atoms with Gasteiger partial charge in [0.15, 0.2) is 0 Å². The molecular weight excluding hydrogens is 309 g/mol. The summed E-state index contributed by atoms with van der Waals surface area (Å²) in [5.41, 5.74) is 0. The summed E-state index contributed by atoms with van der Waals surface area (Å²) in [5.74, 6) is -1.56. The third-order valence-electron chi connectivity index (χ3n) is 1.25. The highest BCUT2D eigenvalue weighted by molar-refractivity contribution is 9.12. The molecular formula is C5H5Br2F3O2. The second kappa shape index (κ2) is 3.53. The zero-order valence-electron chi connectivity index (χ0n) is 5.82. The van der Waals surface area contributed by atoms with E-state index in [1.165, 1.54) is 0 Å². The summed E-state index contributed by atoms with van der Waals surface area (Å²) in [6.45, 7) is 0.751. The van der Waals surface area contributed by atoms with Crippen LogP contribution in [-0.2, 0) is 4.79 Å². The first-order chi connectivity index (χ1) is 5.10. The van der Waals surface area contributed by atoms with Crippen molar-refractivity contribution in [2.45, 2.75) is 22.3 Å². The number of carboxylic acids is 1. The summed E-state index contributed by atoms with van der Waals surface area (Å²) in [5, 5.41) is 8.30. The van der Waals surface area contributed by atoms with E-state index >= 15 is 0 Å². The Kier molecular flexibility index (Phi) is 3.59. The number of halogens is 5. The maximum Gasteiger partial charge on any atom is 0.405 e. The van der Waals surface area contributed by atoms with Crippen LogP contribution < -0.4 is 0 Å². The predicted molar refractivity (Wildman–Crippen MR) is 43.7 cm³/mol. The molecule has 2 atom stereocenters. The van der Waals surface area contributed by atoms with Gasteiger partial charge in [-0.2, -0.15) is 13.2 Å². The number of carboxylic acid groups (broad SMARTS) is 1. The number of hydrogen-bond acceptors (Lipinski definition) is 1. The van der Waals surface area contributed by atoms with Gasteiger partial charge in [-0.25, -0.2) is 0 Å². The van der Waals surface area contributed by atoms with Crippen molar-refractivity contribution >= 4 is 37.8 Å². The maximum atomic E-state index is 12.1. The summed E-state index contributed by atoms with van der Waals surface area (Å²) >= 11 is 4.75. The van der Waals surface area contributed by atoms with Crippen molar-refractivity contribution in [3.63, 3.8) is 0 Å². The first-order valence-electron chi connectivity index (χ1n) is 2.73. The first-order valence-corrected chi connectivity index (χ1v) is 4.44. The number of hydrogen-bond donors (Lipinski definition) is 1. The van der Waals surface area contributed by atoms with E-state index in [2.05, 4.69) is 31.9 Å². The van der Waals surface area contributed by atoms with Crippen LogP contribution in [0.5, 0.6) is 0 Å². The van der Waals surface area contributed by atoms with Gasteiger partial charge in [-0.3, -0.25) is 4.79 Å². The van der Waals surface area contributed by atoms with Crippen molar-refractivity contribution in [1.29, 1.82) is 0 Å². The fraction of sp³-hybridized carbons (Fsp3) is 0.800. The van der Waals surface area contributed by atoms with Crippen LogP contribution in [0.2, 0.25) is 0 Å². The fourth-order valence-electron chi connectivity index (χ4n) is 0.376. The van der Waals surface area contributed by atoms with Crippen LogP contribution in [0.1, 0.15) is 6.92 Å². The molecule has 0 bridgehead atoms. The molecule has 0 aromatic rings. The fourth-order valence-corrected chi connectivity index (χ4v) is 0.831. The second-order valence-electron chi connectivity index (χ2n) is 2.27. The van der Waals surface area contributed by atoms with Gasteiger partial charge in [0.25, 0.3) is 0 Å². The van der Waals surface area contributed by atoms with Crippen molar-refractivity contribution in [3.8, 4) is 0 Å². The third kappa shape index (κ3) is 2.35. The molecule has 0 aliphatic heterocycles. The smallest absolute Gasteiger partial charge is 0.405 e. The number of aliphatic carboxylic acids is 1. The molecule has 7 heteroatoms. The van der Waals surface area contributed by atoms with Crippen molar-refractivity contribution < 1.29 is 23.1 Å². The van der Waals surface area contributed by atoms with Gasteiger partial charge in [-0.1, -0.05) is 31.9 Å². The lowest BCUT2D eigenvalue weighted by molar-refractivity contribution is -0.163. The van der Waals surface area contributed by atoms with Crippen LogP contribution in [0.4, 0.5) is 13.2 Å². The molecule has 0 fully saturated rings. The molecule has 0 unspecified atom stereocenters. The van der Waals surface area contributed by atoms with Gasteiger partial charge in [0.05, 0.1) is 0 Å². The average molecular weight is 314 g/mol. The van der Waals surface area contributed by atoms with Crippen LogP contribution in [0.15, 0.2) is 0 Å². The van der Waals surface area contributed by atoms with Crippen molar-refractivity contribution in [1.82, 2.24) is 0 Å². The van der Waals surface area contributed by atoms with E-state index in [1.54, 1.807) is 0 Å². The molecule has 0 saturated heterocycles. The molecule has 0 rings (SSSR count). The summed E-state index contributed by atoms with van der Waals surface area (Å²) in [6.07, 6.45) is -4.61. The molecule has 0 aromatic heterocycles. The van der Waals surface area contributed by atoms with E-state index in [1.807, 2.05) is 0 Å². The standard InChI is InChI=1S/C5H5Br2F3O2/c1-4(7,5(8,9)10)2(6)3(11)12/h2H,1H3,(H,11,12)/t2-,4+/m0/s1. The first kappa shape index (κ1) is 12.2. The zero-order chi connectivity index (χ0) is 10.2.